The van der Waals surface area contributed by atoms with E-state index in [9.17, 15) is 28.8 Å². The van der Waals surface area contributed by atoms with Crippen LogP contribution in [0.15, 0.2) is 60.7 Å². The first-order valence-corrected chi connectivity index (χ1v) is 22.7. The maximum absolute atomic E-state index is 15.1. The van der Waals surface area contributed by atoms with Gasteiger partial charge < -0.3 is 24.8 Å². The maximum atomic E-state index is 15.1. The van der Waals surface area contributed by atoms with Crippen molar-refractivity contribution in [1.82, 2.24) is 20.4 Å². The van der Waals surface area contributed by atoms with E-state index in [2.05, 4.69) is 16.6 Å². The lowest BCUT2D eigenvalue weighted by Gasteiger charge is -2.35. The van der Waals surface area contributed by atoms with Crippen molar-refractivity contribution in [2.75, 3.05) is 52.7 Å². The summed E-state index contributed by atoms with van der Waals surface area (Å²) in [5.41, 5.74) is 0.778. The van der Waals surface area contributed by atoms with Crippen molar-refractivity contribution in [1.29, 1.82) is 0 Å². The molecule has 14 heteroatoms. The van der Waals surface area contributed by atoms with Crippen LogP contribution < -0.4 is 10.6 Å². The Bertz CT molecular complexity index is 1900. The average molecular weight is 885 g/mol. The van der Waals surface area contributed by atoms with Gasteiger partial charge in [0.05, 0.1) is 51.4 Å². The molecule has 0 saturated carbocycles. The van der Waals surface area contributed by atoms with Crippen molar-refractivity contribution >= 4 is 41.0 Å². The number of benzene rings is 2. The van der Waals surface area contributed by atoms with E-state index in [4.69, 9.17) is 20.6 Å². The van der Waals surface area contributed by atoms with Gasteiger partial charge in [0, 0.05) is 44.2 Å². The van der Waals surface area contributed by atoms with Gasteiger partial charge in [-0.3, -0.25) is 43.4 Å². The number of ketones is 3. The highest BCUT2D eigenvalue weighted by Crippen LogP contribution is 2.30. The van der Waals surface area contributed by atoms with Crippen molar-refractivity contribution in [2.24, 2.45) is 23.7 Å². The smallest absolute Gasteiger partial charge is 0.308 e. The van der Waals surface area contributed by atoms with Crippen LogP contribution in [0.5, 0.6) is 0 Å². The molecule has 0 aromatic heterocycles. The molecule has 64 heavy (non-hydrogen) atoms. The lowest BCUT2D eigenvalue weighted by Crippen LogP contribution is -2.52. The van der Waals surface area contributed by atoms with Crippen LogP contribution in [0.25, 0.3) is 0 Å². The molecule has 2 aliphatic heterocycles. The third-order valence-electron chi connectivity index (χ3n) is 11.6. The average Bonchev–Trinajstić information content (AvgIpc) is 4.03. The van der Waals surface area contributed by atoms with Crippen molar-refractivity contribution < 1.29 is 47.8 Å². The zero-order valence-electron chi connectivity index (χ0n) is 38.3. The number of rotatable bonds is 28. The number of nitrogens with one attached hydrogen (secondary N) is 2. The normalized spacial score (nSPS) is 17.9. The topological polar surface area (TPSA) is 181 Å². The third-order valence-corrected chi connectivity index (χ3v) is 11.6. The number of ether oxygens (including phenoxy) is 3. The van der Waals surface area contributed by atoms with E-state index < -0.39 is 65.7 Å². The standard InChI is InChI=1S/C50H68N4O10/c1-7-22-51-45(57)20-21-46(58)63-34-54(49(61)39(19-18-37-14-10-8-11-15-37)30-41(55)32-53-23-25-62-26-24-53)43(28-36(4)5)44(56)31-40(29-38-16-12-9-13-17-38)48(60)52-42(27-35(2)3)47(59)50(6)33-64-50/h1,8-17,35-36,39-40,42-43H,18-34H2,2-6H3,(H,51,57)(H,52,60)/t39-,40-,42+,43+,50-/m1/s1. The van der Waals surface area contributed by atoms with Crippen molar-refractivity contribution in [3.8, 4) is 12.3 Å². The number of epoxide rings is 1. The number of terminal acetylenes is 1. The highest BCUT2D eigenvalue weighted by molar-refractivity contribution is 5.98. The van der Waals surface area contributed by atoms with Crippen LogP contribution >= 0.6 is 0 Å². The van der Waals surface area contributed by atoms with E-state index in [1.807, 2.05) is 93.3 Å². The second kappa shape index (κ2) is 25.9. The molecule has 2 fully saturated rings. The molecule has 348 valence electrons. The number of aryl methyl sites for hydroxylation is 1. The van der Waals surface area contributed by atoms with Gasteiger partial charge in [0.25, 0.3) is 0 Å². The summed E-state index contributed by atoms with van der Waals surface area (Å²) in [6, 6.07) is 16.8. The molecule has 5 atom stereocenters. The van der Waals surface area contributed by atoms with Crippen LogP contribution in [0, 0.1) is 36.0 Å². The molecule has 0 radical (unpaired) electrons. The number of carbonyl (C=O) groups excluding carboxylic acids is 7. The van der Waals surface area contributed by atoms with Gasteiger partial charge in [-0.2, -0.15) is 0 Å². The minimum absolute atomic E-state index is 0.00441. The van der Waals surface area contributed by atoms with E-state index in [1.54, 1.807) is 6.92 Å². The van der Waals surface area contributed by atoms with Gasteiger partial charge in [-0.15, -0.1) is 6.42 Å². The Morgan fingerprint density at radius 2 is 1.48 bits per heavy atom. The highest BCUT2D eigenvalue weighted by Gasteiger charge is 2.50. The molecule has 2 aromatic carbocycles. The summed E-state index contributed by atoms with van der Waals surface area (Å²) < 4.78 is 16.6. The molecule has 2 saturated heterocycles. The molecule has 0 spiro atoms. The lowest BCUT2D eigenvalue weighted by atomic mass is 9.86. The van der Waals surface area contributed by atoms with Gasteiger partial charge in [0.2, 0.25) is 17.7 Å². The fourth-order valence-electron chi connectivity index (χ4n) is 7.88. The molecule has 14 nitrogen and oxygen atoms in total. The number of nitrogens with zero attached hydrogens (tertiary/aromatic N) is 2. The van der Waals surface area contributed by atoms with E-state index in [-0.39, 0.29) is 88.0 Å². The van der Waals surface area contributed by atoms with Crippen LogP contribution in [0.1, 0.15) is 90.7 Å². The zero-order chi connectivity index (χ0) is 46.6. The van der Waals surface area contributed by atoms with Gasteiger partial charge in [-0.05, 0) is 62.0 Å². The predicted octanol–water partition coefficient (Wildman–Crippen LogP) is 4.51. The first-order valence-electron chi connectivity index (χ1n) is 22.7. The highest BCUT2D eigenvalue weighted by atomic mass is 16.6. The first-order chi connectivity index (χ1) is 30.6. The lowest BCUT2D eigenvalue weighted by molar-refractivity contribution is -0.161. The van der Waals surface area contributed by atoms with Gasteiger partial charge in [-0.25, -0.2) is 0 Å². The number of hydrogen-bond donors (Lipinski definition) is 2. The van der Waals surface area contributed by atoms with Crippen LogP contribution in [0.4, 0.5) is 0 Å². The summed E-state index contributed by atoms with van der Waals surface area (Å²) in [4.78, 5) is 101. The zero-order valence-corrected chi connectivity index (χ0v) is 38.3. The number of carbonyl (C=O) groups is 7. The number of morpholine rings is 1. The second-order valence-electron chi connectivity index (χ2n) is 18.1. The SMILES string of the molecule is C#CCNC(=O)CCC(=O)OCN(C(=O)[C@H](CCc1ccccc1)CC(=O)CN1CCOCC1)[C@@H](CC(C)C)C(=O)C[C@@H](Cc1ccccc1)C(=O)N[C@@H](CC(C)C)C(=O)[C@@]1(C)CO1. The molecule has 0 unspecified atom stereocenters. The van der Waals surface area contributed by atoms with Gasteiger partial charge >= 0.3 is 5.97 Å². The molecule has 0 bridgehead atoms. The summed E-state index contributed by atoms with van der Waals surface area (Å²) in [6.45, 7) is 11.4. The van der Waals surface area contributed by atoms with Crippen LogP contribution in [0.2, 0.25) is 0 Å². The Morgan fingerprint density at radius 3 is 2.08 bits per heavy atom. The Balaban J connectivity index is 1.69. The summed E-state index contributed by atoms with van der Waals surface area (Å²) >= 11 is 0. The van der Waals surface area contributed by atoms with Crippen molar-refractivity contribution in [2.45, 2.75) is 110 Å². The Kier molecular flexibility index (Phi) is 20.8. The first kappa shape index (κ1) is 51.4. The van der Waals surface area contributed by atoms with Crippen LogP contribution in [0.3, 0.4) is 0 Å². The molecule has 3 amide bonds. The maximum Gasteiger partial charge on any atom is 0.308 e. The van der Waals surface area contributed by atoms with Crippen LogP contribution in [-0.4, -0.2) is 121 Å². The van der Waals surface area contributed by atoms with Gasteiger partial charge in [-0.1, -0.05) is 94.3 Å². The fraction of sp³-hybridized carbons (Fsp3) is 0.580. The molecule has 2 aliphatic rings. The molecule has 2 aromatic rings. The van der Waals surface area contributed by atoms with Gasteiger partial charge in [0.15, 0.2) is 18.3 Å². The molecule has 2 N–H and O–H groups in total. The number of amides is 3. The molecule has 4 rings (SSSR count). The van der Waals surface area contributed by atoms with E-state index >= 15 is 4.79 Å². The van der Waals surface area contributed by atoms with Crippen molar-refractivity contribution in [3.63, 3.8) is 0 Å². The summed E-state index contributed by atoms with van der Waals surface area (Å²) in [6.07, 6.45) is 5.76. The third kappa shape index (κ3) is 17.4. The summed E-state index contributed by atoms with van der Waals surface area (Å²) in [5.74, 6) is -2.64. The number of Topliss-reactive ketones (excluding diaryl/α,β-unsaturated/α-hetero) is 3. The fourth-order valence-corrected chi connectivity index (χ4v) is 7.88. The molecular formula is C50H68N4O10. The van der Waals surface area contributed by atoms with E-state index in [0.29, 0.717) is 39.1 Å². The monoisotopic (exact) mass is 884 g/mol. The number of esters is 1. The Morgan fingerprint density at radius 1 is 0.859 bits per heavy atom. The summed E-state index contributed by atoms with van der Waals surface area (Å²) in [7, 11) is 0. The minimum atomic E-state index is -1.16. The largest absolute Gasteiger partial charge is 0.444 e. The van der Waals surface area contributed by atoms with Crippen LogP contribution in [-0.2, 0) is 60.6 Å². The molecular weight excluding hydrogens is 817 g/mol. The van der Waals surface area contributed by atoms with Crippen molar-refractivity contribution in [3.05, 3.63) is 71.8 Å². The Hall–Kier alpha value is -5.23. The quantitative estimate of drug-likeness (QED) is 0.0532. The summed E-state index contributed by atoms with van der Waals surface area (Å²) in [5, 5.41) is 5.48. The molecule has 2 heterocycles. The molecule has 0 aliphatic carbocycles. The van der Waals surface area contributed by atoms with Gasteiger partial charge in [0.1, 0.15) is 11.4 Å². The minimum Gasteiger partial charge on any atom is -0.444 e. The number of hydrogen-bond acceptors (Lipinski definition) is 11. The predicted molar refractivity (Wildman–Crippen MR) is 241 cm³/mol. The van der Waals surface area contributed by atoms with E-state index in [1.165, 1.54) is 4.90 Å². The second-order valence-corrected chi connectivity index (χ2v) is 18.1. The van der Waals surface area contributed by atoms with E-state index in [0.717, 1.165) is 11.1 Å². The Labute approximate surface area is 378 Å².